The highest BCUT2D eigenvalue weighted by Crippen LogP contribution is 2.25. The zero-order chi connectivity index (χ0) is 22.1. The first-order valence-corrected chi connectivity index (χ1v) is 9.61. The predicted molar refractivity (Wildman–Crippen MR) is 119 cm³/mol. The molecule has 10 heteroatoms. The Morgan fingerprint density at radius 1 is 0.935 bits per heavy atom. The van der Waals surface area contributed by atoms with E-state index in [4.69, 9.17) is 9.47 Å². The summed E-state index contributed by atoms with van der Waals surface area (Å²) in [4.78, 5) is 25.1. The Kier molecular flexibility index (Phi) is 7.41. The molecule has 0 bridgehead atoms. The van der Waals surface area contributed by atoms with Crippen molar-refractivity contribution < 1.29 is 14.3 Å². The molecule has 2 heterocycles. The van der Waals surface area contributed by atoms with Crippen LogP contribution < -0.4 is 30.7 Å². The summed E-state index contributed by atoms with van der Waals surface area (Å²) in [6, 6.07) is 12.2. The molecule has 0 aliphatic heterocycles. The molecule has 0 spiro atoms. The number of pyridine rings is 1. The van der Waals surface area contributed by atoms with E-state index in [1.165, 1.54) is 0 Å². The monoisotopic (exact) mass is 423 g/mol. The fourth-order valence-corrected chi connectivity index (χ4v) is 2.71. The number of methoxy groups -OCH3 is 2. The number of anilines is 4. The molecule has 0 saturated carbocycles. The first-order valence-electron chi connectivity index (χ1n) is 9.61. The normalized spacial score (nSPS) is 10.2. The molecule has 4 N–H and O–H groups in total. The molecule has 2 amide bonds. The van der Waals surface area contributed by atoms with Crippen molar-refractivity contribution in [3.63, 3.8) is 0 Å². The average molecular weight is 423 g/mol. The quantitative estimate of drug-likeness (QED) is 0.387. The summed E-state index contributed by atoms with van der Waals surface area (Å²) in [5.74, 6) is 3.76. The number of rotatable bonds is 9. The molecule has 2 aromatic heterocycles. The van der Waals surface area contributed by atoms with Crippen molar-refractivity contribution in [3.8, 4) is 11.5 Å². The molecule has 0 unspecified atom stereocenters. The molecule has 10 nitrogen and oxygen atoms in total. The standard InChI is InChI=1S/C21H25N7O3/c1-14-25-19(13-20(26-14)28-18-6-4-5-7-22-18)23-8-9-24-21(29)27-15-10-16(30-2)12-17(11-15)31-3/h4-7,10-13H,8-9H2,1-3H3,(H2,24,27,29)(H2,22,23,25,26,28). The largest absolute Gasteiger partial charge is 0.497 e. The lowest BCUT2D eigenvalue weighted by Gasteiger charge is -2.12. The molecule has 162 valence electrons. The SMILES string of the molecule is COc1cc(NC(=O)NCCNc2cc(Nc3ccccn3)nc(C)n2)cc(OC)c1. The van der Waals surface area contributed by atoms with Crippen LogP contribution in [0.15, 0.2) is 48.7 Å². The van der Waals surface area contributed by atoms with Crippen LogP contribution >= 0.6 is 0 Å². The lowest BCUT2D eigenvalue weighted by Crippen LogP contribution is -2.32. The van der Waals surface area contributed by atoms with Gasteiger partial charge in [-0.05, 0) is 19.1 Å². The van der Waals surface area contributed by atoms with E-state index in [0.717, 1.165) is 0 Å². The Bertz CT molecular complexity index is 993. The van der Waals surface area contributed by atoms with Crippen molar-refractivity contribution >= 4 is 29.2 Å². The molecule has 0 fully saturated rings. The van der Waals surface area contributed by atoms with E-state index >= 15 is 0 Å². The van der Waals surface area contributed by atoms with Gasteiger partial charge in [-0.15, -0.1) is 0 Å². The van der Waals surface area contributed by atoms with Crippen molar-refractivity contribution in [1.29, 1.82) is 0 Å². The smallest absolute Gasteiger partial charge is 0.319 e. The molecule has 3 rings (SSSR count). The van der Waals surface area contributed by atoms with E-state index in [2.05, 4.69) is 36.2 Å². The molecule has 1 aromatic carbocycles. The van der Waals surface area contributed by atoms with Gasteiger partial charge in [0.25, 0.3) is 0 Å². The first kappa shape index (κ1) is 21.6. The third kappa shape index (κ3) is 6.74. The minimum absolute atomic E-state index is 0.339. The van der Waals surface area contributed by atoms with E-state index < -0.39 is 0 Å². The number of ether oxygens (including phenoxy) is 2. The Morgan fingerprint density at radius 3 is 2.35 bits per heavy atom. The van der Waals surface area contributed by atoms with E-state index in [-0.39, 0.29) is 6.03 Å². The minimum Gasteiger partial charge on any atom is -0.497 e. The van der Waals surface area contributed by atoms with Gasteiger partial charge in [0.05, 0.1) is 14.2 Å². The van der Waals surface area contributed by atoms with Crippen molar-refractivity contribution in [2.75, 3.05) is 43.3 Å². The van der Waals surface area contributed by atoms with Gasteiger partial charge < -0.3 is 30.7 Å². The first-order chi connectivity index (χ1) is 15.1. The number of urea groups is 1. The highest BCUT2D eigenvalue weighted by atomic mass is 16.5. The van der Waals surface area contributed by atoms with E-state index in [9.17, 15) is 4.79 Å². The van der Waals surface area contributed by atoms with Crippen LogP contribution in [0.4, 0.5) is 27.9 Å². The van der Waals surface area contributed by atoms with Gasteiger partial charge >= 0.3 is 6.03 Å². The number of carbonyl (C=O) groups is 1. The van der Waals surface area contributed by atoms with Gasteiger partial charge in [0.15, 0.2) is 0 Å². The van der Waals surface area contributed by atoms with Crippen molar-refractivity contribution in [1.82, 2.24) is 20.3 Å². The van der Waals surface area contributed by atoms with E-state index in [1.807, 2.05) is 25.1 Å². The fourth-order valence-electron chi connectivity index (χ4n) is 2.71. The van der Waals surface area contributed by atoms with Crippen molar-refractivity contribution in [2.24, 2.45) is 0 Å². The summed E-state index contributed by atoms with van der Waals surface area (Å²) < 4.78 is 10.4. The topological polar surface area (TPSA) is 122 Å². The maximum absolute atomic E-state index is 12.2. The average Bonchev–Trinajstić information content (AvgIpc) is 2.76. The van der Waals surface area contributed by atoms with Crippen LogP contribution in [0.2, 0.25) is 0 Å². The van der Waals surface area contributed by atoms with Gasteiger partial charge in [-0.1, -0.05) is 6.07 Å². The number of amides is 2. The predicted octanol–water partition coefficient (Wildman–Crippen LogP) is 3.17. The summed E-state index contributed by atoms with van der Waals surface area (Å²) in [7, 11) is 3.10. The van der Waals surface area contributed by atoms with Gasteiger partial charge in [-0.3, -0.25) is 0 Å². The number of nitrogens with one attached hydrogen (secondary N) is 4. The molecule has 0 aliphatic rings. The zero-order valence-corrected chi connectivity index (χ0v) is 17.6. The fraction of sp³-hybridized carbons (Fsp3) is 0.238. The Hall–Kier alpha value is -4.08. The van der Waals surface area contributed by atoms with Crippen LogP contribution in [0, 0.1) is 6.92 Å². The third-order valence-electron chi connectivity index (χ3n) is 4.08. The molecule has 0 aliphatic carbocycles. The maximum Gasteiger partial charge on any atom is 0.319 e. The Balaban J connectivity index is 1.49. The van der Waals surface area contributed by atoms with Crippen molar-refractivity contribution in [3.05, 3.63) is 54.5 Å². The lowest BCUT2D eigenvalue weighted by atomic mass is 10.3. The second-order valence-corrected chi connectivity index (χ2v) is 6.43. The van der Waals surface area contributed by atoms with Gasteiger partial charge in [0, 0.05) is 49.2 Å². The van der Waals surface area contributed by atoms with Crippen LogP contribution in [0.3, 0.4) is 0 Å². The van der Waals surface area contributed by atoms with Crippen molar-refractivity contribution in [2.45, 2.75) is 6.92 Å². The molecule has 0 saturated heterocycles. The Morgan fingerprint density at radius 2 is 1.68 bits per heavy atom. The van der Waals surface area contributed by atoms with E-state index in [1.54, 1.807) is 44.7 Å². The molecule has 3 aromatic rings. The van der Waals surface area contributed by atoms with Crippen LogP contribution in [0.25, 0.3) is 0 Å². The van der Waals surface area contributed by atoms with Crippen LogP contribution in [-0.4, -0.2) is 48.3 Å². The number of aryl methyl sites for hydroxylation is 1. The number of nitrogens with zero attached hydrogens (tertiary/aromatic N) is 3. The molecular weight excluding hydrogens is 398 g/mol. The highest BCUT2D eigenvalue weighted by Gasteiger charge is 2.06. The van der Waals surface area contributed by atoms with Crippen LogP contribution in [0.1, 0.15) is 5.82 Å². The summed E-state index contributed by atoms with van der Waals surface area (Å²) in [5, 5.41) is 11.8. The van der Waals surface area contributed by atoms with Gasteiger partial charge in [-0.2, -0.15) is 0 Å². The van der Waals surface area contributed by atoms with Crippen LogP contribution in [-0.2, 0) is 0 Å². The number of hydrogen-bond donors (Lipinski definition) is 4. The molecular formula is C21H25N7O3. The number of carbonyl (C=O) groups excluding carboxylic acids is 1. The van der Waals surface area contributed by atoms with Gasteiger partial charge in [0.1, 0.15) is 34.8 Å². The second kappa shape index (κ2) is 10.6. The Labute approximate surface area is 180 Å². The molecule has 0 atom stereocenters. The minimum atomic E-state index is -0.339. The summed E-state index contributed by atoms with van der Waals surface area (Å²) in [5.41, 5.74) is 0.568. The zero-order valence-electron chi connectivity index (χ0n) is 17.6. The number of aromatic nitrogens is 3. The highest BCUT2D eigenvalue weighted by molar-refractivity contribution is 5.89. The summed E-state index contributed by atoms with van der Waals surface area (Å²) >= 11 is 0. The molecule has 31 heavy (non-hydrogen) atoms. The van der Waals surface area contributed by atoms with E-state index in [0.29, 0.717) is 53.6 Å². The lowest BCUT2D eigenvalue weighted by molar-refractivity contribution is 0.252. The molecule has 0 radical (unpaired) electrons. The summed E-state index contributed by atoms with van der Waals surface area (Å²) in [6.45, 7) is 2.68. The van der Waals surface area contributed by atoms with Gasteiger partial charge in [-0.25, -0.2) is 19.7 Å². The van der Waals surface area contributed by atoms with Crippen LogP contribution in [0.5, 0.6) is 11.5 Å². The number of benzene rings is 1. The van der Waals surface area contributed by atoms with Gasteiger partial charge in [0.2, 0.25) is 0 Å². The third-order valence-corrected chi connectivity index (χ3v) is 4.08. The second-order valence-electron chi connectivity index (χ2n) is 6.43. The maximum atomic E-state index is 12.2. The number of hydrogen-bond acceptors (Lipinski definition) is 8. The summed E-state index contributed by atoms with van der Waals surface area (Å²) in [6.07, 6.45) is 1.70.